The van der Waals surface area contributed by atoms with E-state index in [0.29, 0.717) is 0 Å². The van der Waals surface area contributed by atoms with Crippen LogP contribution in [0.25, 0.3) is 50.3 Å². The first-order valence-corrected chi connectivity index (χ1v) is 10.0. The molecule has 146 valence electrons. The van der Waals surface area contributed by atoms with Gasteiger partial charge in [0.2, 0.25) is 0 Å². The molecule has 1 aliphatic heterocycles. The average molecular weight is 393 g/mol. The van der Waals surface area contributed by atoms with Crippen molar-refractivity contribution in [2.24, 2.45) is 0 Å². The fourth-order valence-electron chi connectivity index (χ4n) is 4.05. The maximum absolute atomic E-state index is 4.88. The smallest absolute Gasteiger partial charge is 0.159 e. The lowest BCUT2D eigenvalue weighted by Crippen LogP contribution is -2.19. The molecule has 5 heterocycles. The summed E-state index contributed by atoms with van der Waals surface area (Å²) >= 11 is 0. The third-order valence-corrected chi connectivity index (χ3v) is 5.58. The highest BCUT2D eigenvalue weighted by Crippen LogP contribution is 2.32. The van der Waals surface area contributed by atoms with Crippen molar-refractivity contribution in [3.63, 3.8) is 0 Å². The monoisotopic (exact) mass is 393 g/mol. The third kappa shape index (κ3) is 2.79. The first-order valence-electron chi connectivity index (χ1n) is 10.0. The molecule has 0 bridgehead atoms. The quantitative estimate of drug-likeness (QED) is 0.432. The van der Waals surface area contributed by atoms with Crippen molar-refractivity contribution < 1.29 is 0 Å². The number of hydrogen-bond donors (Lipinski definition) is 3. The van der Waals surface area contributed by atoms with E-state index in [0.717, 1.165) is 64.2 Å². The van der Waals surface area contributed by atoms with Crippen molar-refractivity contribution in [2.45, 2.75) is 6.42 Å². The number of nitrogens with zero attached hydrogens (tertiary/aromatic N) is 4. The molecule has 5 aromatic rings. The summed E-state index contributed by atoms with van der Waals surface area (Å²) in [6.07, 6.45) is 8.62. The number of rotatable bonds is 3. The summed E-state index contributed by atoms with van der Waals surface area (Å²) in [7, 11) is 0. The molecule has 3 N–H and O–H groups in total. The number of fused-ring (bicyclic) bond motifs is 2. The third-order valence-electron chi connectivity index (χ3n) is 5.58. The van der Waals surface area contributed by atoms with Crippen LogP contribution in [0.5, 0.6) is 0 Å². The fraction of sp³-hybridized carbons (Fsp3) is 0.130. The Balaban J connectivity index is 1.50. The van der Waals surface area contributed by atoms with Crippen molar-refractivity contribution in [1.29, 1.82) is 0 Å². The van der Waals surface area contributed by atoms with Crippen LogP contribution in [0.15, 0.2) is 61.1 Å². The van der Waals surface area contributed by atoms with Gasteiger partial charge in [0.1, 0.15) is 11.2 Å². The van der Waals surface area contributed by atoms with E-state index < -0.39 is 0 Å². The Labute approximate surface area is 172 Å². The molecule has 7 heteroatoms. The maximum atomic E-state index is 4.88. The van der Waals surface area contributed by atoms with Crippen LogP contribution < -0.4 is 5.32 Å². The Morgan fingerprint density at radius 3 is 2.67 bits per heavy atom. The molecule has 0 fully saturated rings. The number of benzene rings is 1. The van der Waals surface area contributed by atoms with Gasteiger partial charge >= 0.3 is 0 Å². The van der Waals surface area contributed by atoms with E-state index >= 15 is 0 Å². The number of H-pyrrole nitrogens is 2. The van der Waals surface area contributed by atoms with Crippen molar-refractivity contribution in [1.82, 2.24) is 35.5 Å². The zero-order chi connectivity index (χ0) is 19.9. The van der Waals surface area contributed by atoms with Crippen LogP contribution in [0.2, 0.25) is 0 Å². The second-order valence-electron chi connectivity index (χ2n) is 7.39. The van der Waals surface area contributed by atoms with Gasteiger partial charge in [-0.2, -0.15) is 5.10 Å². The highest BCUT2D eigenvalue weighted by Gasteiger charge is 2.17. The lowest BCUT2D eigenvalue weighted by atomic mass is 9.98. The van der Waals surface area contributed by atoms with E-state index in [4.69, 9.17) is 4.98 Å². The Kier molecular flexibility index (Phi) is 3.92. The number of pyridine rings is 2. The highest BCUT2D eigenvalue weighted by atomic mass is 15.1. The highest BCUT2D eigenvalue weighted by molar-refractivity contribution is 5.97. The van der Waals surface area contributed by atoms with Crippen molar-refractivity contribution in [3.8, 4) is 22.8 Å². The van der Waals surface area contributed by atoms with Crippen LogP contribution in [-0.4, -0.2) is 43.2 Å². The molecular formula is C23H19N7. The summed E-state index contributed by atoms with van der Waals surface area (Å²) in [6, 6.07) is 12.3. The van der Waals surface area contributed by atoms with Crippen molar-refractivity contribution in [2.75, 3.05) is 13.1 Å². The van der Waals surface area contributed by atoms with Gasteiger partial charge in [-0.05, 0) is 54.4 Å². The lowest BCUT2D eigenvalue weighted by molar-refractivity contribution is 0.739. The van der Waals surface area contributed by atoms with Gasteiger partial charge in [-0.25, -0.2) is 4.98 Å². The van der Waals surface area contributed by atoms with Crippen LogP contribution in [0, 0.1) is 0 Å². The van der Waals surface area contributed by atoms with E-state index in [1.54, 1.807) is 18.6 Å². The van der Waals surface area contributed by atoms with E-state index in [1.165, 1.54) is 11.1 Å². The van der Waals surface area contributed by atoms with Gasteiger partial charge in [0.25, 0.3) is 0 Å². The Hall–Kier alpha value is -3.84. The van der Waals surface area contributed by atoms with E-state index in [2.05, 4.69) is 54.7 Å². The Bertz CT molecular complexity index is 1400. The Morgan fingerprint density at radius 2 is 1.80 bits per heavy atom. The number of aromatic nitrogens is 6. The van der Waals surface area contributed by atoms with Crippen LogP contribution in [-0.2, 0) is 0 Å². The molecule has 0 spiro atoms. The maximum Gasteiger partial charge on any atom is 0.159 e. The average Bonchev–Trinajstić information content (AvgIpc) is 3.43. The number of aromatic amines is 2. The summed E-state index contributed by atoms with van der Waals surface area (Å²) in [6.45, 7) is 1.93. The van der Waals surface area contributed by atoms with Gasteiger partial charge in [0, 0.05) is 36.1 Å². The number of imidazole rings is 1. The fourth-order valence-corrected chi connectivity index (χ4v) is 4.05. The molecule has 0 saturated heterocycles. The predicted molar refractivity (Wildman–Crippen MR) is 118 cm³/mol. The molecule has 1 aromatic carbocycles. The van der Waals surface area contributed by atoms with Crippen LogP contribution in [0.3, 0.4) is 0 Å². The normalized spacial score (nSPS) is 14.3. The molecule has 0 atom stereocenters. The lowest BCUT2D eigenvalue weighted by Gasteiger charge is -2.14. The van der Waals surface area contributed by atoms with E-state index in [1.807, 2.05) is 18.2 Å². The summed E-state index contributed by atoms with van der Waals surface area (Å²) in [4.78, 5) is 17.0. The predicted octanol–water partition coefficient (Wildman–Crippen LogP) is 3.94. The molecule has 0 saturated carbocycles. The minimum absolute atomic E-state index is 0.732. The molecule has 1 aliphatic rings. The summed E-state index contributed by atoms with van der Waals surface area (Å²) in [5.41, 5.74) is 8.00. The van der Waals surface area contributed by atoms with Gasteiger partial charge in [-0.1, -0.05) is 12.1 Å². The first kappa shape index (κ1) is 17.1. The second-order valence-corrected chi connectivity index (χ2v) is 7.39. The molecule has 0 aliphatic carbocycles. The van der Waals surface area contributed by atoms with Gasteiger partial charge in [0.15, 0.2) is 5.82 Å². The first-order chi connectivity index (χ1) is 14.9. The van der Waals surface area contributed by atoms with Crippen LogP contribution >= 0.6 is 0 Å². The molecule has 30 heavy (non-hydrogen) atoms. The molecule has 0 unspecified atom stereocenters. The zero-order valence-electron chi connectivity index (χ0n) is 16.2. The molecule has 4 aromatic heterocycles. The summed E-state index contributed by atoms with van der Waals surface area (Å²) < 4.78 is 0. The minimum Gasteiger partial charge on any atom is -0.336 e. The number of nitrogens with one attached hydrogen (secondary N) is 3. The van der Waals surface area contributed by atoms with Crippen molar-refractivity contribution in [3.05, 3.63) is 66.6 Å². The second kappa shape index (κ2) is 6.89. The molecule has 0 radical (unpaired) electrons. The van der Waals surface area contributed by atoms with E-state index in [-0.39, 0.29) is 0 Å². The molecular weight excluding hydrogens is 374 g/mol. The Morgan fingerprint density at radius 1 is 0.867 bits per heavy atom. The SMILES string of the molecule is C1=C(c2ccc3[nH]nc(-c4nc5c(-c6ccncc6)nccc5[nH]4)c3c2)CCNC1. The molecule has 0 amide bonds. The van der Waals surface area contributed by atoms with Crippen LogP contribution in [0.1, 0.15) is 12.0 Å². The topological polar surface area (TPSA) is 95.2 Å². The molecule has 7 nitrogen and oxygen atoms in total. The largest absolute Gasteiger partial charge is 0.336 e. The standard InChI is InChI=1S/C23H19N7/c1-2-18-17(13-16(1)14-3-8-24-9-4-14)21(30-29-18)23-27-19-7-12-26-20(22(19)28-23)15-5-10-25-11-6-15/h1-3,5-7,10-13,24H,4,8-9H2,(H,27,28)(H,29,30). The van der Waals surface area contributed by atoms with Gasteiger partial charge in [-0.3, -0.25) is 15.1 Å². The minimum atomic E-state index is 0.732. The van der Waals surface area contributed by atoms with Crippen LogP contribution in [0.4, 0.5) is 0 Å². The van der Waals surface area contributed by atoms with Gasteiger partial charge in [0.05, 0.1) is 16.7 Å². The number of hydrogen-bond acceptors (Lipinski definition) is 5. The van der Waals surface area contributed by atoms with Crippen molar-refractivity contribution >= 4 is 27.5 Å². The van der Waals surface area contributed by atoms with Gasteiger partial charge in [-0.15, -0.1) is 0 Å². The van der Waals surface area contributed by atoms with E-state index in [9.17, 15) is 0 Å². The molecule has 6 rings (SSSR count). The summed E-state index contributed by atoms with van der Waals surface area (Å²) in [5, 5.41) is 12.1. The zero-order valence-corrected chi connectivity index (χ0v) is 16.2. The summed E-state index contributed by atoms with van der Waals surface area (Å²) in [5.74, 6) is 0.732. The van der Waals surface area contributed by atoms with Gasteiger partial charge < -0.3 is 10.3 Å².